The van der Waals surface area contributed by atoms with Crippen LogP contribution in [0.5, 0.6) is 0 Å². The Balaban J connectivity index is 2.15. The molecule has 0 aliphatic heterocycles. The van der Waals surface area contributed by atoms with E-state index >= 15 is 0 Å². The molecule has 0 aliphatic rings. The molecule has 0 saturated carbocycles. The second kappa shape index (κ2) is 24.2. The maximum absolute atomic E-state index is 13.5. The molecule has 60 heavy (non-hydrogen) atoms. The maximum atomic E-state index is 13.5. The van der Waals surface area contributed by atoms with Crippen molar-refractivity contribution in [3.05, 3.63) is 71.8 Å². The van der Waals surface area contributed by atoms with Crippen LogP contribution >= 0.6 is 0 Å². The topological polar surface area (TPSA) is 316 Å². The summed E-state index contributed by atoms with van der Waals surface area (Å²) in [5.74, 6) is -11.1. The fourth-order valence-electron chi connectivity index (χ4n) is 5.72. The number of carbonyl (C=O) groups is 10. The van der Waals surface area contributed by atoms with E-state index in [1.165, 1.54) is 13.8 Å². The number of carboxylic acid groups (broad SMARTS) is 3. The minimum absolute atomic E-state index is 0.00208. The van der Waals surface area contributed by atoms with Crippen LogP contribution in [0, 0.1) is 5.92 Å². The van der Waals surface area contributed by atoms with E-state index in [0.29, 0.717) is 5.56 Å². The second-order valence-corrected chi connectivity index (χ2v) is 14.5. The number of rotatable bonds is 24. The average molecular weight is 840 g/mol. The molecule has 326 valence electrons. The quantitative estimate of drug-likeness (QED) is 0.0608. The number of nitrogens with one attached hydrogen (secondary N) is 7. The molecule has 2 aromatic rings. The highest BCUT2D eigenvalue weighted by atomic mass is 16.4. The monoisotopic (exact) mass is 839 g/mol. The second-order valence-electron chi connectivity index (χ2n) is 14.5. The standard InChI is InChI=1S/C40H53N7O13/c1-21(2)16-27(44-34(53)22(3)41-36(55)28(43-24(5)48)17-25-12-8-6-9-13-25)38(57)46-29(19-32(49)50)37(56)42-23(4)35(54)45-30(20-33(51)52)39(58)47-31(40(59)60)18-26-14-10-7-11-15-26/h6-15,21-23,27-31H,16-20H2,1-5H3,(H,41,55)(H,42,56)(H,43,48)(H,44,53)(H,45,54)(H,46,57)(H,47,58)(H,49,50)(H,51,52)(H,59,60)/t22-,23-,27-,28-,29-,30-,31-/m0/s1. The molecule has 0 saturated heterocycles. The van der Waals surface area contributed by atoms with Crippen LogP contribution in [0.15, 0.2) is 60.7 Å². The summed E-state index contributed by atoms with van der Waals surface area (Å²) in [6.07, 6.45) is -1.99. The maximum Gasteiger partial charge on any atom is 0.326 e. The molecule has 0 spiro atoms. The molecule has 0 aromatic heterocycles. The molecule has 20 heteroatoms. The minimum atomic E-state index is -1.81. The zero-order valence-corrected chi connectivity index (χ0v) is 33.9. The Morgan fingerprint density at radius 3 is 1.20 bits per heavy atom. The van der Waals surface area contributed by atoms with Crippen LogP contribution in [0.1, 0.15) is 65.0 Å². The van der Waals surface area contributed by atoms with Gasteiger partial charge in [0.25, 0.3) is 0 Å². The van der Waals surface area contributed by atoms with Crippen molar-refractivity contribution in [2.45, 2.75) is 109 Å². The van der Waals surface area contributed by atoms with Gasteiger partial charge in [-0.3, -0.25) is 43.2 Å². The van der Waals surface area contributed by atoms with Crippen LogP contribution in [0.4, 0.5) is 0 Å². The van der Waals surface area contributed by atoms with E-state index in [0.717, 1.165) is 12.5 Å². The van der Waals surface area contributed by atoms with E-state index in [2.05, 4.69) is 37.2 Å². The predicted molar refractivity (Wildman–Crippen MR) is 212 cm³/mol. The number of hydrogen-bond acceptors (Lipinski definition) is 10. The Morgan fingerprint density at radius 1 is 0.450 bits per heavy atom. The van der Waals surface area contributed by atoms with Gasteiger partial charge in [0.1, 0.15) is 42.3 Å². The van der Waals surface area contributed by atoms with Crippen molar-refractivity contribution < 1.29 is 63.3 Å². The van der Waals surface area contributed by atoms with Crippen molar-refractivity contribution in [1.82, 2.24) is 37.2 Å². The first-order valence-corrected chi connectivity index (χ1v) is 19.0. The molecule has 7 atom stereocenters. The third-order valence-corrected chi connectivity index (χ3v) is 8.74. The zero-order chi connectivity index (χ0) is 45.1. The van der Waals surface area contributed by atoms with E-state index in [-0.39, 0.29) is 25.2 Å². The lowest BCUT2D eigenvalue weighted by Gasteiger charge is -2.26. The van der Waals surface area contributed by atoms with Gasteiger partial charge in [0.15, 0.2) is 0 Å². The Bertz CT molecular complexity index is 1860. The molecule has 10 N–H and O–H groups in total. The van der Waals surface area contributed by atoms with Gasteiger partial charge < -0.3 is 52.5 Å². The summed E-state index contributed by atoms with van der Waals surface area (Å²) >= 11 is 0. The summed E-state index contributed by atoms with van der Waals surface area (Å²) < 4.78 is 0. The summed E-state index contributed by atoms with van der Waals surface area (Å²) in [5.41, 5.74) is 1.29. The van der Waals surface area contributed by atoms with Crippen LogP contribution in [0.3, 0.4) is 0 Å². The lowest BCUT2D eigenvalue weighted by atomic mass is 10.0. The Morgan fingerprint density at radius 2 is 0.800 bits per heavy atom. The van der Waals surface area contributed by atoms with Gasteiger partial charge in [-0.1, -0.05) is 74.5 Å². The largest absolute Gasteiger partial charge is 0.481 e. The fourth-order valence-corrected chi connectivity index (χ4v) is 5.72. The molecule has 0 bridgehead atoms. The van der Waals surface area contributed by atoms with Crippen LogP contribution in [0.25, 0.3) is 0 Å². The molecule has 0 fully saturated rings. The van der Waals surface area contributed by atoms with Crippen LogP contribution < -0.4 is 37.2 Å². The predicted octanol–water partition coefficient (Wildman–Crippen LogP) is -0.995. The highest BCUT2D eigenvalue weighted by Crippen LogP contribution is 2.09. The van der Waals surface area contributed by atoms with Crippen LogP contribution in [0.2, 0.25) is 0 Å². The number of hydrogen-bond donors (Lipinski definition) is 10. The lowest BCUT2D eigenvalue weighted by Crippen LogP contribution is -2.59. The number of carboxylic acids is 3. The van der Waals surface area contributed by atoms with Gasteiger partial charge >= 0.3 is 17.9 Å². The summed E-state index contributed by atoms with van der Waals surface area (Å²) in [6.45, 7) is 7.16. The minimum Gasteiger partial charge on any atom is -0.481 e. The zero-order valence-electron chi connectivity index (χ0n) is 33.9. The van der Waals surface area contributed by atoms with E-state index in [1.54, 1.807) is 74.5 Å². The third-order valence-electron chi connectivity index (χ3n) is 8.74. The molecule has 2 rings (SSSR count). The van der Waals surface area contributed by atoms with E-state index in [9.17, 15) is 63.3 Å². The molecule has 0 radical (unpaired) electrons. The van der Waals surface area contributed by atoms with E-state index < -0.39 is 114 Å². The summed E-state index contributed by atoms with van der Waals surface area (Å²) in [6, 6.07) is 6.79. The highest BCUT2D eigenvalue weighted by Gasteiger charge is 2.34. The van der Waals surface area contributed by atoms with E-state index in [1.807, 2.05) is 0 Å². The van der Waals surface area contributed by atoms with Crippen molar-refractivity contribution in [3.63, 3.8) is 0 Å². The first-order chi connectivity index (χ1) is 28.2. The summed E-state index contributed by atoms with van der Waals surface area (Å²) in [7, 11) is 0. The van der Waals surface area contributed by atoms with Crippen LogP contribution in [-0.4, -0.2) is 117 Å². The molecule has 2 aromatic carbocycles. The van der Waals surface area contributed by atoms with Crippen molar-refractivity contribution in [2.24, 2.45) is 5.92 Å². The Kier molecular flexibility index (Phi) is 19.8. The molecular weight excluding hydrogens is 786 g/mol. The van der Waals surface area contributed by atoms with Crippen molar-refractivity contribution in [3.8, 4) is 0 Å². The van der Waals surface area contributed by atoms with Gasteiger partial charge in [-0.25, -0.2) is 4.79 Å². The number of amides is 7. The Labute approximate surface area is 346 Å². The Hall–Kier alpha value is -6.86. The van der Waals surface area contributed by atoms with Gasteiger partial charge in [0.05, 0.1) is 12.8 Å². The smallest absolute Gasteiger partial charge is 0.326 e. The fraction of sp³-hybridized carbons (Fsp3) is 0.450. The van der Waals surface area contributed by atoms with Gasteiger partial charge in [0, 0.05) is 19.8 Å². The van der Waals surface area contributed by atoms with Gasteiger partial charge in [0.2, 0.25) is 41.4 Å². The van der Waals surface area contributed by atoms with Crippen molar-refractivity contribution in [2.75, 3.05) is 0 Å². The highest BCUT2D eigenvalue weighted by molar-refractivity contribution is 5.98. The SMILES string of the molecule is CC(=O)N[C@@H](Cc1ccccc1)C(=O)N[C@@H](C)C(=O)N[C@@H](CC(C)C)C(=O)N[C@@H](CC(=O)O)C(=O)N[C@@H](C)C(=O)N[C@@H](CC(=O)O)C(=O)N[C@@H](Cc1ccccc1)C(=O)O. The molecule has 0 aliphatic carbocycles. The van der Waals surface area contributed by atoms with Crippen LogP contribution in [-0.2, 0) is 60.8 Å². The molecular formula is C40H53N7O13. The van der Waals surface area contributed by atoms with E-state index in [4.69, 9.17) is 0 Å². The number of benzene rings is 2. The normalized spacial score (nSPS) is 14.3. The number of aliphatic carboxylic acids is 3. The first-order valence-electron chi connectivity index (χ1n) is 19.0. The molecule has 0 heterocycles. The van der Waals surface area contributed by atoms with Crippen molar-refractivity contribution >= 4 is 59.3 Å². The molecule has 0 unspecified atom stereocenters. The van der Waals surface area contributed by atoms with Gasteiger partial charge in [-0.2, -0.15) is 0 Å². The average Bonchev–Trinajstić information content (AvgIpc) is 3.16. The summed E-state index contributed by atoms with van der Waals surface area (Å²) in [4.78, 5) is 126. The molecule has 20 nitrogen and oxygen atoms in total. The summed E-state index contributed by atoms with van der Waals surface area (Å²) in [5, 5.41) is 45.0. The third kappa shape index (κ3) is 17.7. The van der Waals surface area contributed by atoms with Crippen molar-refractivity contribution in [1.29, 1.82) is 0 Å². The first kappa shape index (κ1) is 49.3. The van der Waals surface area contributed by atoms with Gasteiger partial charge in [-0.05, 0) is 37.3 Å². The van der Waals surface area contributed by atoms with Gasteiger partial charge in [-0.15, -0.1) is 0 Å². The lowest BCUT2D eigenvalue weighted by molar-refractivity contribution is -0.143. The molecule has 7 amide bonds. The number of carbonyl (C=O) groups excluding carboxylic acids is 7.